The van der Waals surface area contributed by atoms with Crippen LogP contribution in [0.5, 0.6) is 0 Å². The molecule has 0 N–H and O–H groups in total. The molecule has 0 radical (unpaired) electrons. The molecule has 0 fully saturated rings. The third-order valence-corrected chi connectivity index (χ3v) is 2.69. The lowest BCUT2D eigenvalue weighted by atomic mass is 9.93. The molecule has 0 aliphatic heterocycles. The van der Waals surface area contributed by atoms with Gasteiger partial charge >= 0.3 is 0 Å². The molecule has 1 rings (SSSR count). The van der Waals surface area contributed by atoms with E-state index in [9.17, 15) is 0 Å². The van der Waals surface area contributed by atoms with Gasteiger partial charge in [0, 0.05) is 11.6 Å². The highest BCUT2D eigenvalue weighted by Crippen LogP contribution is 2.22. The molecule has 0 unspecified atom stereocenters. The molecule has 0 aliphatic rings. The van der Waals surface area contributed by atoms with Gasteiger partial charge in [-0.05, 0) is 18.9 Å². The summed E-state index contributed by atoms with van der Waals surface area (Å²) in [5, 5.41) is 4.64. The van der Waals surface area contributed by atoms with E-state index in [0.717, 1.165) is 12.8 Å². The van der Waals surface area contributed by atoms with Crippen molar-refractivity contribution in [3.8, 4) is 0 Å². The van der Waals surface area contributed by atoms with Crippen molar-refractivity contribution < 1.29 is 0 Å². The summed E-state index contributed by atoms with van der Waals surface area (Å²) in [5.41, 5.74) is 1.35. The molecule has 1 heterocycles. The predicted octanol–water partition coefficient (Wildman–Crippen LogP) is 3.54. The molecule has 14 heavy (non-hydrogen) atoms. The second-order valence-corrected chi connectivity index (χ2v) is 4.90. The van der Waals surface area contributed by atoms with E-state index < -0.39 is 0 Å². The number of rotatable bonds is 3. The zero-order chi connectivity index (χ0) is 10.8. The standard InChI is InChI=1S/C12H22N2/c1-6-10(7-2)14-9-8-11(13-14)12(3,4)5/h8-10H,6-7H2,1-5H3. The van der Waals surface area contributed by atoms with Gasteiger partial charge in [0.15, 0.2) is 0 Å². The monoisotopic (exact) mass is 194 g/mol. The van der Waals surface area contributed by atoms with E-state index >= 15 is 0 Å². The maximum absolute atomic E-state index is 4.64. The summed E-state index contributed by atoms with van der Waals surface area (Å²) in [6, 6.07) is 2.70. The molecule has 1 aromatic heterocycles. The molecule has 2 heteroatoms. The molecule has 0 saturated carbocycles. The Morgan fingerprint density at radius 3 is 2.21 bits per heavy atom. The minimum absolute atomic E-state index is 0.164. The highest BCUT2D eigenvalue weighted by molar-refractivity contribution is 5.10. The minimum atomic E-state index is 0.164. The van der Waals surface area contributed by atoms with Gasteiger partial charge in [-0.2, -0.15) is 5.10 Å². The second-order valence-electron chi connectivity index (χ2n) is 4.90. The number of aromatic nitrogens is 2. The van der Waals surface area contributed by atoms with Crippen molar-refractivity contribution in [2.24, 2.45) is 0 Å². The number of hydrogen-bond acceptors (Lipinski definition) is 1. The predicted molar refractivity (Wildman–Crippen MR) is 60.5 cm³/mol. The summed E-state index contributed by atoms with van der Waals surface area (Å²) in [6.07, 6.45) is 4.42. The third kappa shape index (κ3) is 2.37. The van der Waals surface area contributed by atoms with Gasteiger partial charge in [-0.25, -0.2) is 0 Å². The molecular weight excluding hydrogens is 172 g/mol. The van der Waals surface area contributed by atoms with Crippen molar-refractivity contribution in [2.75, 3.05) is 0 Å². The lowest BCUT2D eigenvalue weighted by Crippen LogP contribution is -2.14. The molecule has 0 aliphatic carbocycles. The highest BCUT2D eigenvalue weighted by Gasteiger charge is 2.18. The van der Waals surface area contributed by atoms with Gasteiger partial charge in [0.1, 0.15) is 0 Å². The number of nitrogens with zero attached hydrogens (tertiary/aromatic N) is 2. The second kappa shape index (κ2) is 4.16. The Balaban J connectivity index is 2.87. The average Bonchev–Trinajstić information content (AvgIpc) is 2.54. The Kier molecular flexibility index (Phi) is 3.35. The molecule has 1 aromatic rings. The first-order valence-electron chi connectivity index (χ1n) is 5.54. The quantitative estimate of drug-likeness (QED) is 0.719. The van der Waals surface area contributed by atoms with Gasteiger partial charge < -0.3 is 0 Å². The van der Waals surface area contributed by atoms with Crippen LogP contribution in [0.25, 0.3) is 0 Å². The van der Waals surface area contributed by atoms with Crippen LogP contribution in [0.1, 0.15) is 59.2 Å². The molecule has 0 spiro atoms. The van der Waals surface area contributed by atoms with Crippen LogP contribution < -0.4 is 0 Å². The van der Waals surface area contributed by atoms with Crippen LogP contribution in [0.15, 0.2) is 12.3 Å². The molecular formula is C12H22N2. The van der Waals surface area contributed by atoms with E-state index in [1.807, 2.05) is 0 Å². The summed E-state index contributed by atoms with van der Waals surface area (Å²) < 4.78 is 2.11. The van der Waals surface area contributed by atoms with Crippen LogP contribution in [0, 0.1) is 0 Å². The fourth-order valence-electron chi connectivity index (χ4n) is 1.60. The van der Waals surface area contributed by atoms with Crippen LogP contribution in [0.4, 0.5) is 0 Å². The maximum atomic E-state index is 4.64. The van der Waals surface area contributed by atoms with Gasteiger partial charge in [-0.3, -0.25) is 4.68 Å². The third-order valence-electron chi connectivity index (χ3n) is 2.69. The largest absolute Gasteiger partial charge is 0.269 e. The molecule has 0 amide bonds. The van der Waals surface area contributed by atoms with E-state index in [-0.39, 0.29) is 5.41 Å². The first-order chi connectivity index (χ1) is 6.49. The van der Waals surface area contributed by atoms with Crippen molar-refractivity contribution in [1.29, 1.82) is 0 Å². The molecule has 0 bridgehead atoms. The lowest BCUT2D eigenvalue weighted by Gasteiger charge is -2.16. The first-order valence-corrected chi connectivity index (χ1v) is 5.54. The Morgan fingerprint density at radius 2 is 1.86 bits per heavy atom. The molecule has 0 saturated heterocycles. The molecule has 0 aromatic carbocycles. The maximum Gasteiger partial charge on any atom is 0.0678 e. The number of hydrogen-bond donors (Lipinski definition) is 0. The molecule has 0 atom stereocenters. The zero-order valence-corrected chi connectivity index (χ0v) is 10.0. The normalized spacial score (nSPS) is 12.4. The Labute approximate surface area is 87.3 Å². The van der Waals surface area contributed by atoms with Crippen molar-refractivity contribution in [3.63, 3.8) is 0 Å². The van der Waals surface area contributed by atoms with Crippen LogP contribution in [0.2, 0.25) is 0 Å². The highest BCUT2D eigenvalue weighted by atomic mass is 15.3. The van der Waals surface area contributed by atoms with E-state index in [2.05, 4.69) is 56.7 Å². The summed E-state index contributed by atoms with van der Waals surface area (Å²) >= 11 is 0. The topological polar surface area (TPSA) is 17.8 Å². The van der Waals surface area contributed by atoms with Crippen LogP contribution >= 0.6 is 0 Å². The zero-order valence-electron chi connectivity index (χ0n) is 10.0. The smallest absolute Gasteiger partial charge is 0.0678 e. The fourth-order valence-corrected chi connectivity index (χ4v) is 1.60. The minimum Gasteiger partial charge on any atom is -0.269 e. The summed E-state index contributed by atoms with van der Waals surface area (Å²) in [6.45, 7) is 11.0. The Hall–Kier alpha value is -0.790. The Bertz CT molecular complexity index is 277. The van der Waals surface area contributed by atoms with Gasteiger partial charge in [0.2, 0.25) is 0 Å². The van der Waals surface area contributed by atoms with Gasteiger partial charge in [-0.1, -0.05) is 34.6 Å². The first kappa shape index (κ1) is 11.3. The lowest BCUT2D eigenvalue weighted by molar-refractivity contribution is 0.416. The summed E-state index contributed by atoms with van der Waals surface area (Å²) in [4.78, 5) is 0. The molecule has 2 nitrogen and oxygen atoms in total. The van der Waals surface area contributed by atoms with Gasteiger partial charge in [-0.15, -0.1) is 0 Å². The van der Waals surface area contributed by atoms with Crippen LogP contribution in [-0.4, -0.2) is 9.78 Å². The van der Waals surface area contributed by atoms with Crippen molar-refractivity contribution >= 4 is 0 Å². The van der Waals surface area contributed by atoms with Crippen molar-refractivity contribution in [3.05, 3.63) is 18.0 Å². The van der Waals surface area contributed by atoms with E-state index in [4.69, 9.17) is 0 Å². The van der Waals surface area contributed by atoms with E-state index in [1.54, 1.807) is 0 Å². The summed E-state index contributed by atoms with van der Waals surface area (Å²) in [5.74, 6) is 0. The van der Waals surface area contributed by atoms with Gasteiger partial charge in [0.25, 0.3) is 0 Å². The fraction of sp³-hybridized carbons (Fsp3) is 0.750. The van der Waals surface area contributed by atoms with Crippen LogP contribution in [-0.2, 0) is 5.41 Å². The van der Waals surface area contributed by atoms with E-state index in [0.29, 0.717) is 6.04 Å². The SMILES string of the molecule is CCC(CC)n1ccc(C(C)(C)C)n1. The summed E-state index contributed by atoms with van der Waals surface area (Å²) in [7, 11) is 0. The average molecular weight is 194 g/mol. The van der Waals surface area contributed by atoms with Crippen molar-refractivity contribution in [1.82, 2.24) is 9.78 Å². The molecule has 80 valence electrons. The van der Waals surface area contributed by atoms with Crippen molar-refractivity contribution in [2.45, 2.75) is 58.9 Å². The Morgan fingerprint density at radius 1 is 1.29 bits per heavy atom. The van der Waals surface area contributed by atoms with Gasteiger partial charge in [0.05, 0.1) is 11.7 Å². The van der Waals surface area contributed by atoms with Crippen LogP contribution in [0.3, 0.4) is 0 Å². The van der Waals surface area contributed by atoms with E-state index in [1.165, 1.54) is 5.69 Å².